The van der Waals surface area contributed by atoms with E-state index >= 15 is 0 Å². The van der Waals surface area contributed by atoms with E-state index in [9.17, 15) is 4.79 Å². The molecule has 1 amide bonds. The molecule has 0 spiro atoms. The minimum absolute atomic E-state index is 0.227. The Bertz CT molecular complexity index is 478. The number of rotatable bonds is 5. The first kappa shape index (κ1) is 15.9. The Morgan fingerprint density at radius 1 is 1.24 bits per heavy atom. The molecule has 21 heavy (non-hydrogen) atoms. The van der Waals surface area contributed by atoms with Crippen LogP contribution in [0.5, 0.6) is 0 Å². The average molecular weight is 288 g/mol. The highest BCUT2D eigenvalue weighted by Crippen LogP contribution is 2.23. The van der Waals surface area contributed by atoms with Gasteiger partial charge in [-0.1, -0.05) is 31.4 Å². The fourth-order valence-electron chi connectivity index (χ4n) is 3.23. The predicted molar refractivity (Wildman–Crippen MR) is 88.7 cm³/mol. The van der Waals surface area contributed by atoms with Gasteiger partial charge >= 0.3 is 0 Å². The van der Waals surface area contributed by atoms with Crippen LogP contribution in [-0.4, -0.2) is 29.9 Å². The third-order valence-corrected chi connectivity index (χ3v) is 4.50. The monoisotopic (exact) mass is 288 g/mol. The summed E-state index contributed by atoms with van der Waals surface area (Å²) in [5, 5.41) is 3.32. The number of benzene rings is 1. The summed E-state index contributed by atoms with van der Waals surface area (Å²) < 4.78 is 0. The third-order valence-electron chi connectivity index (χ3n) is 4.50. The van der Waals surface area contributed by atoms with Gasteiger partial charge in [-0.25, -0.2) is 0 Å². The van der Waals surface area contributed by atoms with Crippen molar-refractivity contribution >= 4 is 11.6 Å². The predicted octanol–water partition coefficient (Wildman–Crippen LogP) is 3.90. The standard InChI is InChI=1S/C18H28N2O/c1-4-20(16-8-6-5-7-9-16)18(21)13-19-17-12-14(2)10-11-15(17)3/h10-12,16,19H,4-9,13H2,1-3H3. The van der Waals surface area contributed by atoms with Crippen molar-refractivity contribution in [1.82, 2.24) is 4.90 Å². The number of anilines is 1. The van der Waals surface area contributed by atoms with Crippen LogP contribution in [0.2, 0.25) is 0 Å². The highest BCUT2D eigenvalue weighted by atomic mass is 16.2. The summed E-state index contributed by atoms with van der Waals surface area (Å²) in [6.07, 6.45) is 6.19. The molecule has 1 aliphatic carbocycles. The van der Waals surface area contributed by atoms with Crippen molar-refractivity contribution in [3.63, 3.8) is 0 Å². The Morgan fingerprint density at radius 3 is 2.62 bits per heavy atom. The molecule has 0 aromatic heterocycles. The SMILES string of the molecule is CCN(C(=O)CNc1cc(C)ccc1C)C1CCCCC1. The molecule has 1 aliphatic rings. The molecule has 0 unspecified atom stereocenters. The molecular formula is C18H28N2O. The molecule has 0 atom stereocenters. The zero-order valence-electron chi connectivity index (χ0n) is 13.6. The van der Waals surface area contributed by atoms with E-state index < -0.39 is 0 Å². The van der Waals surface area contributed by atoms with Gasteiger partial charge in [-0.15, -0.1) is 0 Å². The van der Waals surface area contributed by atoms with Crippen LogP contribution in [0, 0.1) is 13.8 Å². The summed E-state index contributed by atoms with van der Waals surface area (Å²) >= 11 is 0. The van der Waals surface area contributed by atoms with Crippen LogP contribution in [0.1, 0.15) is 50.2 Å². The second-order valence-corrected chi connectivity index (χ2v) is 6.14. The second kappa shape index (κ2) is 7.48. The van der Waals surface area contributed by atoms with Crippen molar-refractivity contribution in [2.24, 2.45) is 0 Å². The van der Waals surface area contributed by atoms with E-state index in [0.29, 0.717) is 12.6 Å². The zero-order valence-corrected chi connectivity index (χ0v) is 13.6. The van der Waals surface area contributed by atoms with Crippen LogP contribution < -0.4 is 5.32 Å². The Hall–Kier alpha value is -1.51. The summed E-state index contributed by atoms with van der Waals surface area (Å²) in [6.45, 7) is 7.45. The van der Waals surface area contributed by atoms with Gasteiger partial charge < -0.3 is 10.2 Å². The largest absolute Gasteiger partial charge is 0.376 e. The lowest BCUT2D eigenvalue weighted by Gasteiger charge is -2.33. The summed E-state index contributed by atoms with van der Waals surface area (Å²) in [6, 6.07) is 6.76. The van der Waals surface area contributed by atoms with Gasteiger partial charge in [0.1, 0.15) is 0 Å². The highest BCUT2D eigenvalue weighted by molar-refractivity contribution is 5.81. The second-order valence-electron chi connectivity index (χ2n) is 6.14. The first-order valence-electron chi connectivity index (χ1n) is 8.22. The number of carbonyl (C=O) groups is 1. The molecule has 1 fully saturated rings. The minimum atomic E-state index is 0.227. The topological polar surface area (TPSA) is 32.3 Å². The molecule has 116 valence electrons. The highest BCUT2D eigenvalue weighted by Gasteiger charge is 2.23. The van der Waals surface area contributed by atoms with Gasteiger partial charge in [0.15, 0.2) is 0 Å². The molecular weight excluding hydrogens is 260 g/mol. The van der Waals surface area contributed by atoms with Crippen LogP contribution in [0.25, 0.3) is 0 Å². The molecule has 1 N–H and O–H groups in total. The number of carbonyl (C=O) groups excluding carboxylic acids is 1. The molecule has 0 heterocycles. The lowest BCUT2D eigenvalue weighted by Crippen LogP contribution is -2.44. The van der Waals surface area contributed by atoms with E-state index in [2.05, 4.69) is 49.2 Å². The van der Waals surface area contributed by atoms with Gasteiger partial charge in [-0.2, -0.15) is 0 Å². The molecule has 0 bridgehead atoms. The summed E-state index contributed by atoms with van der Waals surface area (Å²) in [7, 11) is 0. The first-order chi connectivity index (χ1) is 10.1. The minimum Gasteiger partial charge on any atom is -0.376 e. The molecule has 0 aliphatic heterocycles. The summed E-state index contributed by atoms with van der Waals surface area (Å²) in [4.78, 5) is 14.6. The van der Waals surface area contributed by atoms with Gasteiger partial charge in [-0.05, 0) is 50.8 Å². The van der Waals surface area contributed by atoms with Crippen molar-refractivity contribution in [3.8, 4) is 0 Å². The lowest BCUT2D eigenvalue weighted by molar-refractivity contribution is -0.132. The van der Waals surface area contributed by atoms with Crippen molar-refractivity contribution < 1.29 is 4.79 Å². The van der Waals surface area contributed by atoms with Gasteiger partial charge in [0.25, 0.3) is 0 Å². The van der Waals surface area contributed by atoms with Crippen LogP contribution in [0.4, 0.5) is 5.69 Å². The number of likely N-dealkylation sites (N-methyl/N-ethyl adjacent to an activating group) is 1. The molecule has 1 saturated carbocycles. The van der Waals surface area contributed by atoms with Gasteiger partial charge in [-0.3, -0.25) is 4.79 Å². The Labute approximate surface area is 128 Å². The fourth-order valence-corrected chi connectivity index (χ4v) is 3.23. The van der Waals surface area contributed by atoms with Gasteiger partial charge in [0.2, 0.25) is 5.91 Å². The number of nitrogens with zero attached hydrogens (tertiary/aromatic N) is 1. The maximum absolute atomic E-state index is 12.5. The summed E-state index contributed by atoms with van der Waals surface area (Å²) in [5.74, 6) is 0.227. The smallest absolute Gasteiger partial charge is 0.242 e. The van der Waals surface area contributed by atoms with Crippen LogP contribution >= 0.6 is 0 Å². The fraction of sp³-hybridized carbons (Fsp3) is 0.611. The normalized spacial score (nSPS) is 15.8. The van der Waals surface area contributed by atoms with Crippen LogP contribution in [0.3, 0.4) is 0 Å². The van der Waals surface area contributed by atoms with Gasteiger partial charge in [0.05, 0.1) is 6.54 Å². The number of hydrogen-bond donors (Lipinski definition) is 1. The number of nitrogens with one attached hydrogen (secondary N) is 1. The van der Waals surface area contributed by atoms with Crippen LogP contribution in [-0.2, 0) is 4.79 Å². The average Bonchev–Trinajstić information content (AvgIpc) is 2.50. The molecule has 0 radical (unpaired) electrons. The Balaban J connectivity index is 1.94. The molecule has 2 rings (SSSR count). The Morgan fingerprint density at radius 2 is 1.95 bits per heavy atom. The van der Waals surface area contributed by atoms with Crippen molar-refractivity contribution in [3.05, 3.63) is 29.3 Å². The lowest BCUT2D eigenvalue weighted by atomic mass is 9.94. The molecule has 0 saturated heterocycles. The van der Waals surface area contributed by atoms with E-state index in [4.69, 9.17) is 0 Å². The quantitative estimate of drug-likeness (QED) is 0.891. The summed E-state index contributed by atoms with van der Waals surface area (Å²) in [5.41, 5.74) is 3.48. The van der Waals surface area contributed by atoms with Crippen molar-refractivity contribution in [1.29, 1.82) is 0 Å². The Kier molecular flexibility index (Phi) is 5.66. The molecule has 3 nitrogen and oxygen atoms in total. The van der Waals surface area contributed by atoms with E-state index in [-0.39, 0.29) is 5.91 Å². The molecule has 1 aromatic rings. The first-order valence-corrected chi connectivity index (χ1v) is 8.22. The number of aryl methyl sites for hydroxylation is 2. The maximum Gasteiger partial charge on any atom is 0.242 e. The number of hydrogen-bond acceptors (Lipinski definition) is 2. The van der Waals surface area contributed by atoms with Gasteiger partial charge in [0, 0.05) is 18.3 Å². The van der Waals surface area contributed by atoms with Crippen LogP contribution in [0.15, 0.2) is 18.2 Å². The maximum atomic E-state index is 12.5. The van der Waals surface area contributed by atoms with E-state index in [1.165, 1.54) is 43.2 Å². The van der Waals surface area contributed by atoms with E-state index in [1.54, 1.807) is 0 Å². The molecule has 1 aromatic carbocycles. The number of amides is 1. The zero-order chi connectivity index (χ0) is 15.2. The van der Waals surface area contributed by atoms with E-state index in [1.807, 2.05) is 0 Å². The van der Waals surface area contributed by atoms with Crippen molar-refractivity contribution in [2.75, 3.05) is 18.4 Å². The molecule has 3 heteroatoms. The van der Waals surface area contributed by atoms with Crippen molar-refractivity contribution in [2.45, 2.75) is 58.9 Å². The van der Waals surface area contributed by atoms with E-state index in [0.717, 1.165) is 12.2 Å². The third kappa shape index (κ3) is 4.23.